The third-order valence-electron chi connectivity index (χ3n) is 14.4. The lowest BCUT2D eigenvalue weighted by Gasteiger charge is -2.71. The SMILES string of the molecule is CC12CCC(O)CC13C=CC1(C(C(=O)c4ccccc4)=C3)C2CCC2(C)C1CCC2(O)CN(Cc1cccc2ccccc12)CC(O)CO. The lowest BCUT2D eigenvalue weighted by molar-refractivity contribution is -0.177. The predicted molar refractivity (Wildman–Crippen MR) is 192 cm³/mol. The molecule has 258 valence electrons. The molecule has 9 rings (SSSR count). The predicted octanol–water partition coefficient (Wildman–Crippen LogP) is 6.47. The minimum atomic E-state index is -1.07. The van der Waals surface area contributed by atoms with Gasteiger partial charge in [-0.25, -0.2) is 0 Å². The number of fused-ring (bicyclic) bond motifs is 2. The Morgan fingerprint density at radius 2 is 1.57 bits per heavy atom. The number of benzene rings is 3. The minimum absolute atomic E-state index is 0.0445. The molecule has 3 aromatic rings. The lowest BCUT2D eigenvalue weighted by atomic mass is 9.32. The highest BCUT2D eigenvalue weighted by Gasteiger charge is 2.74. The number of carbonyl (C=O) groups is 1. The molecule has 6 aliphatic carbocycles. The summed E-state index contributed by atoms with van der Waals surface area (Å²) in [6, 6.07) is 24.2. The maximum Gasteiger partial charge on any atom is 0.189 e. The van der Waals surface area contributed by atoms with Gasteiger partial charge in [0, 0.05) is 47.0 Å². The number of rotatable bonds is 9. The second kappa shape index (κ2) is 11.7. The summed E-state index contributed by atoms with van der Waals surface area (Å²) < 4.78 is 0. The zero-order chi connectivity index (χ0) is 34.2. The normalized spacial score (nSPS) is 38.2. The number of nitrogens with zero attached hydrogens (tertiary/aromatic N) is 1. The van der Waals surface area contributed by atoms with Gasteiger partial charge < -0.3 is 20.4 Å². The van der Waals surface area contributed by atoms with Crippen molar-refractivity contribution in [2.24, 2.45) is 33.5 Å². The molecule has 9 atom stereocenters. The molecule has 0 aliphatic heterocycles. The molecule has 6 heteroatoms. The summed E-state index contributed by atoms with van der Waals surface area (Å²) in [5.74, 6) is 0.344. The van der Waals surface area contributed by atoms with E-state index in [0.29, 0.717) is 31.5 Å². The van der Waals surface area contributed by atoms with Crippen LogP contribution in [0, 0.1) is 33.5 Å². The minimum Gasteiger partial charge on any atom is -0.394 e. The van der Waals surface area contributed by atoms with E-state index in [1.165, 1.54) is 0 Å². The summed E-state index contributed by atoms with van der Waals surface area (Å²) in [4.78, 5) is 16.8. The van der Waals surface area contributed by atoms with Crippen LogP contribution in [0.1, 0.15) is 74.7 Å². The molecule has 3 saturated carbocycles. The molecule has 49 heavy (non-hydrogen) atoms. The van der Waals surface area contributed by atoms with E-state index in [4.69, 9.17) is 0 Å². The van der Waals surface area contributed by atoms with Crippen LogP contribution in [0.4, 0.5) is 0 Å². The van der Waals surface area contributed by atoms with Crippen molar-refractivity contribution in [2.75, 3.05) is 19.7 Å². The van der Waals surface area contributed by atoms with Gasteiger partial charge in [0.25, 0.3) is 0 Å². The Bertz CT molecular complexity index is 1820. The molecule has 6 aliphatic rings. The fourth-order valence-electron chi connectivity index (χ4n) is 11.9. The highest BCUT2D eigenvalue weighted by molar-refractivity contribution is 6.10. The van der Waals surface area contributed by atoms with Crippen molar-refractivity contribution in [3.8, 4) is 0 Å². The van der Waals surface area contributed by atoms with Crippen LogP contribution in [0.3, 0.4) is 0 Å². The number of ketones is 1. The van der Waals surface area contributed by atoms with Crippen LogP contribution >= 0.6 is 0 Å². The van der Waals surface area contributed by atoms with E-state index < -0.39 is 22.5 Å². The van der Waals surface area contributed by atoms with Crippen molar-refractivity contribution in [1.82, 2.24) is 4.90 Å². The molecule has 0 radical (unpaired) electrons. The molecule has 0 saturated heterocycles. The van der Waals surface area contributed by atoms with E-state index in [-0.39, 0.29) is 47.7 Å². The zero-order valence-corrected chi connectivity index (χ0v) is 28.9. The third kappa shape index (κ3) is 4.74. The average Bonchev–Trinajstić information content (AvgIpc) is 3.38. The van der Waals surface area contributed by atoms with Crippen molar-refractivity contribution in [1.29, 1.82) is 0 Å². The number of hydrogen-bond donors (Lipinski definition) is 4. The third-order valence-corrected chi connectivity index (χ3v) is 14.4. The summed E-state index contributed by atoms with van der Waals surface area (Å²) in [6.07, 6.45) is 11.1. The first-order valence-electron chi connectivity index (χ1n) is 18.4. The van der Waals surface area contributed by atoms with Crippen molar-refractivity contribution in [3.63, 3.8) is 0 Å². The fourth-order valence-corrected chi connectivity index (χ4v) is 11.9. The van der Waals surface area contributed by atoms with Crippen LogP contribution in [-0.2, 0) is 6.54 Å². The molecule has 2 spiro atoms. The first-order chi connectivity index (χ1) is 23.5. The Balaban J connectivity index is 1.19. The number of hydrogen-bond acceptors (Lipinski definition) is 6. The molecule has 0 heterocycles. The van der Waals surface area contributed by atoms with Crippen molar-refractivity contribution < 1.29 is 25.2 Å². The van der Waals surface area contributed by atoms with Gasteiger partial charge in [-0.05, 0) is 78.5 Å². The van der Waals surface area contributed by atoms with Gasteiger partial charge in [-0.1, -0.05) is 105 Å². The summed E-state index contributed by atoms with van der Waals surface area (Å²) in [5.41, 5.74) is 0.143. The van der Waals surface area contributed by atoms with Gasteiger partial charge in [0.15, 0.2) is 5.78 Å². The van der Waals surface area contributed by atoms with Gasteiger partial charge in [0.1, 0.15) is 0 Å². The molecule has 2 bridgehead atoms. The van der Waals surface area contributed by atoms with Gasteiger partial charge >= 0.3 is 0 Å². The van der Waals surface area contributed by atoms with Gasteiger partial charge in [-0.2, -0.15) is 0 Å². The molecule has 3 aromatic carbocycles. The molecule has 4 N–H and O–H groups in total. The fraction of sp³-hybridized carbons (Fsp3) is 0.512. The van der Waals surface area contributed by atoms with E-state index in [9.17, 15) is 25.2 Å². The number of allylic oxidation sites excluding steroid dienone is 4. The quantitative estimate of drug-likeness (QED) is 0.155. The van der Waals surface area contributed by atoms with Gasteiger partial charge in [-0.3, -0.25) is 9.69 Å². The smallest absolute Gasteiger partial charge is 0.189 e. The summed E-state index contributed by atoms with van der Waals surface area (Å²) in [5, 5.41) is 46.9. The standard InChI is InChI=1S/C43H51NO5/c1-39-18-15-32(46)23-41(39)21-22-43(35(24-41)38(48)30-10-4-3-5-11-30)36(39)16-19-40(2)37(43)17-20-42(40,49)28-44(26-33(47)27-45)25-31-13-8-12-29-9-6-7-14-34(29)31/h3-14,21-22,24,32-33,36-37,45-47,49H,15-20,23,25-28H2,1-2H3. The number of aliphatic hydroxyl groups is 4. The Hall–Kier alpha value is -3.13. The van der Waals surface area contributed by atoms with E-state index in [1.54, 1.807) is 0 Å². The van der Waals surface area contributed by atoms with Gasteiger partial charge in [-0.15, -0.1) is 0 Å². The molecule has 0 amide bonds. The Morgan fingerprint density at radius 1 is 0.878 bits per heavy atom. The highest BCUT2D eigenvalue weighted by Crippen LogP contribution is 2.78. The molecule has 3 fully saturated rings. The summed E-state index contributed by atoms with van der Waals surface area (Å²) in [7, 11) is 0. The van der Waals surface area contributed by atoms with Crippen LogP contribution in [-0.4, -0.2) is 68.6 Å². The van der Waals surface area contributed by atoms with Gasteiger partial charge in [0.05, 0.1) is 24.4 Å². The van der Waals surface area contributed by atoms with E-state index in [0.717, 1.165) is 54.0 Å². The average molecular weight is 662 g/mol. The molecule has 0 aromatic heterocycles. The van der Waals surface area contributed by atoms with Crippen molar-refractivity contribution >= 4 is 16.6 Å². The first-order valence-corrected chi connectivity index (χ1v) is 18.4. The Morgan fingerprint density at radius 3 is 2.37 bits per heavy atom. The summed E-state index contributed by atoms with van der Waals surface area (Å²) >= 11 is 0. The van der Waals surface area contributed by atoms with Crippen molar-refractivity contribution in [2.45, 2.75) is 83.1 Å². The largest absolute Gasteiger partial charge is 0.394 e. The van der Waals surface area contributed by atoms with Crippen LogP contribution in [0.2, 0.25) is 0 Å². The number of carbonyl (C=O) groups excluding carboxylic acids is 1. The monoisotopic (exact) mass is 661 g/mol. The molecule has 9 unspecified atom stereocenters. The number of aliphatic hydroxyl groups excluding tert-OH is 3. The van der Waals surface area contributed by atoms with Crippen LogP contribution in [0.15, 0.2) is 96.6 Å². The van der Waals surface area contributed by atoms with Crippen LogP contribution < -0.4 is 0 Å². The number of Topliss-reactive ketones (excluding diaryl/α,β-unsaturated/α-hetero) is 1. The van der Waals surface area contributed by atoms with Crippen LogP contribution in [0.5, 0.6) is 0 Å². The highest BCUT2D eigenvalue weighted by atomic mass is 16.3. The lowest BCUT2D eigenvalue weighted by Crippen LogP contribution is -2.67. The summed E-state index contributed by atoms with van der Waals surface area (Å²) in [6.45, 7) is 5.48. The van der Waals surface area contributed by atoms with E-state index >= 15 is 0 Å². The first kappa shape index (κ1) is 33.0. The maximum absolute atomic E-state index is 14.7. The Kier molecular flexibility index (Phi) is 7.90. The topological polar surface area (TPSA) is 101 Å². The molecular formula is C43H51NO5. The maximum atomic E-state index is 14.7. The second-order valence-electron chi connectivity index (χ2n) is 16.6. The van der Waals surface area contributed by atoms with Crippen LogP contribution in [0.25, 0.3) is 10.8 Å². The van der Waals surface area contributed by atoms with E-state index in [1.807, 2.05) is 42.5 Å². The Labute approximate surface area is 290 Å². The molecule has 6 nitrogen and oxygen atoms in total. The zero-order valence-electron chi connectivity index (χ0n) is 28.9. The molecular weight excluding hydrogens is 610 g/mol. The second-order valence-corrected chi connectivity index (χ2v) is 16.6. The van der Waals surface area contributed by atoms with Gasteiger partial charge in [0.2, 0.25) is 0 Å². The van der Waals surface area contributed by atoms with E-state index in [2.05, 4.69) is 67.3 Å². The van der Waals surface area contributed by atoms with Crippen molar-refractivity contribution in [3.05, 3.63) is 108 Å².